The van der Waals surface area contributed by atoms with Gasteiger partial charge in [0, 0.05) is 7.11 Å². The zero-order valence-electron chi connectivity index (χ0n) is 10.0. The fourth-order valence-electron chi connectivity index (χ4n) is 1.47. The lowest BCUT2D eigenvalue weighted by molar-refractivity contribution is 0.183. The van der Waals surface area contributed by atoms with E-state index in [1.807, 2.05) is 0 Å². The van der Waals surface area contributed by atoms with Crippen molar-refractivity contribution in [3.05, 3.63) is 16.7 Å². The highest BCUT2D eigenvalue weighted by Crippen LogP contribution is 2.16. The van der Waals surface area contributed by atoms with Crippen LogP contribution in [0.2, 0.25) is 0 Å². The van der Waals surface area contributed by atoms with Gasteiger partial charge in [-0.05, 0) is 13.0 Å². The van der Waals surface area contributed by atoms with Gasteiger partial charge >= 0.3 is 0 Å². The van der Waals surface area contributed by atoms with E-state index in [2.05, 4.69) is 15.3 Å². The maximum absolute atomic E-state index is 11.5. The number of aromatic amines is 1. The van der Waals surface area contributed by atoms with Crippen LogP contribution >= 0.6 is 0 Å². The summed E-state index contributed by atoms with van der Waals surface area (Å²) >= 11 is 0. The van der Waals surface area contributed by atoms with Gasteiger partial charge in [0.05, 0.1) is 26.1 Å². The van der Waals surface area contributed by atoms with Gasteiger partial charge in [0.1, 0.15) is 0 Å². The monoisotopic (exact) mass is 242 g/mol. The summed E-state index contributed by atoms with van der Waals surface area (Å²) in [5.41, 5.74) is 5.17. The van der Waals surface area contributed by atoms with Crippen LogP contribution in [0.5, 0.6) is 5.75 Å². The third-order valence-electron chi connectivity index (χ3n) is 2.24. The van der Waals surface area contributed by atoms with Gasteiger partial charge in [0.2, 0.25) is 5.75 Å². The molecule has 0 saturated carbocycles. The summed E-state index contributed by atoms with van der Waals surface area (Å²) in [5.74, 6) is 0.553. The van der Waals surface area contributed by atoms with Crippen LogP contribution in [-0.2, 0) is 4.74 Å². The third kappa shape index (κ3) is 3.72. The topological polar surface area (TPSA) is 102 Å². The summed E-state index contributed by atoms with van der Waals surface area (Å²) in [6.07, 6.45) is 2.03. The Labute approximate surface area is 99.3 Å². The zero-order valence-corrected chi connectivity index (χ0v) is 10.0. The molecule has 4 N–H and O–H groups in total. The van der Waals surface area contributed by atoms with Crippen LogP contribution in [0.3, 0.4) is 0 Å². The molecule has 0 bridgehead atoms. The summed E-state index contributed by atoms with van der Waals surface area (Å²) in [7, 11) is 3.03. The normalized spacial score (nSPS) is 12.2. The Morgan fingerprint density at radius 3 is 2.94 bits per heavy atom. The molecule has 1 aromatic rings. The molecule has 1 rings (SSSR count). The molecule has 0 fully saturated rings. The number of ether oxygens (including phenoxy) is 2. The minimum absolute atomic E-state index is 0.00630. The average molecular weight is 242 g/mol. The fourth-order valence-corrected chi connectivity index (χ4v) is 1.47. The van der Waals surface area contributed by atoms with Crippen LogP contribution in [0.1, 0.15) is 6.42 Å². The predicted molar refractivity (Wildman–Crippen MR) is 64.4 cm³/mol. The Kier molecular flexibility index (Phi) is 5.44. The van der Waals surface area contributed by atoms with Gasteiger partial charge in [-0.25, -0.2) is 4.98 Å². The second-order valence-corrected chi connectivity index (χ2v) is 3.49. The standard InChI is InChI=1S/C10H18N4O3/c1-16-5-7(3-4-11)14-9-8(17-2)10(15)13-6-12-9/h6-7H,3-5,11H2,1-2H3,(H2,12,13,14,15). The summed E-state index contributed by atoms with van der Waals surface area (Å²) in [5, 5.41) is 3.08. The molecule has 1 heterocycles. The van der Waals surface area contributed by atoms with Crippen LogP contribution in [0.25, 0.3) is 0 Å². The number of nitrogens with zero attached hydrogens (tertiary/aromatic N) is 1. The predicted octanol–water partition coefficient (Wildman–Crippen LogP) is -0.446. The minimum Gasteiger partial charge on any atom is -0.489 e. The molecule has 1 aromatic heterocycles. The van der Waals surface area contributed by atoms with Gasteiger partial charge < -0.3 is 25.5 Å². The Bertz CT molecular complexity index is 387. The first-order valence-electron chi connectivity index (χ1n) is 5.30. The van der Waals surface area contributed by atoms with Crippen LogP contribution < -0.4 is 21.3 Å². The average Bonchev–Trinajstić information content (AvgIpc) is 2.30. The highest BCUT2D eigenvalue weighted by Gasteiger charge is 2.13. The van der Waals surface area contributed by atoms with Crippen molar-refractivity contribution in [3.63, 3.8) is 0 Å². The Morgan fingerprint density at radius 1 is 1.59 bits per heavy atom. The van der Waals surface area contributed by atoms with Crippen molar-refractivity contribution >= 4 is 5.82 Å². The van der Waals surface area contributed by atoms with Gasteiger partial charge in [0.15, 0.2) is 5.82 Å². The molecule has 0 radical (unpaired) electrons. The van der Waals surface area contributed by atoms with E-state index in [-0.39, 0.29) is 17.4 Å². The quantitative estimate of drug-likeness (QED) is 0.598. The molecule has 1 atom stereocenters. The number of nitrogens with one attached hydrogen (secondary N) is 2. The van der Waals surface area contributed by atoms with Crippen molar-refractivity contribution in [2.45, 2.75) is 12.5 Å². The molecule has 7 heteroatoms. The molecule has 0 amide bonds. The van der Waals surface area contributed by atoms with Crippen LogP contribution in [0.4, 0.5) is 5.82 Å². The van der Waals surface area contributed by atoms with Gasteiger partial charge in [-0.15, -0.1) is 0 Å². The second kappa shape index (κ2) is 6.87. The zero-order chi connectivity index (χ0) is 12.7. The minimum atomic E-state index is -0.325. The molecule has 0 saturated heterocycles. The van der Waals surface area contributed by atoms with Crippen molar-refractivity contribution in [1.82, 2.24) is 9.97 Å². The molecular weight excluding hydrogens is 224 g/mol. The van der Waals surface area contributed by atoms with Crippen molar-refractivity contribution < 1.29 is 9.47 Å². The van der Waals surface area contributed by atoms with Gasteiger partial charge in [-0.1, -0.05) is 0 Å². The van der Waals surface area contributed by atoms with E-state index in [0.29, 0.717) is 25.4 Å². The van der Waals surface area contributed by atoms with Crippen LogP contribution in [-0.4, -0.2) is 43.4 Å². The summed E-state index contributed by atoms with van der Waals surface area (Å²) < 4.78 is 10.1. The number of methoxy groups -OCH3 is 2. The van der Waals surface area contributed by atoms with Gasteiger partial charge in [-0.3, -0.25) is 4.79 Å². The lowest BCUT2D eigenvalue weighted by Gasteiger charge is -2.18. The van der Waals surface area contributed by atoms with E-state index in [1.54, 1.807) is 7.11 Å². The van der Waals surface area contributed by atoms with E-state index in [4.69, 9.17) is 15.2 Å². The maximum atomic E-state index is 11.5. The van der Waals surface area contributed by atoms with E-state index < -0.39 is 0 Å². The number of aromatic nitrogens is 2. The largest absolute Gasteiger partial charge is 0.489 e. The van der Waals surface area contributed by atoms with E-state index in [1.165, 1.54) is 13.4 Å². The number of anilines is 1. The first-order valence-corrected chi connectivity index (χ1v) is 5.30. The molecule has 1 unspecified atom stereocenters. The van der Waals surface area contributed by atoms with Crippen molar-refractivity contribution in [2.24, 2.45) is 5.73 Å². The van der Waals surface area contributed by atoms with Crippen LogP contribution in [0, 0.1) is 0 Å². The molecule has 7 nitrogen and oxygen atoms in total. The number of hydrogen-bond acceptors (Lipinski definition) is 6. The van der Waals surface area contributed by atoms with Crippen molar-refractivity contribution in [3.8, 4) is 5.75 Å². The number of rotatable bonds is 7. The first kappa shape index (κ1) is 13.5. The highest BCUT2D eigenvalue weighted by atomic mass is 16.5. The number of H-pyrrole nitrogens is 1. The number of hydrogen-bond donors (Lipinski definition) is 3. The molecular formula is C10H18N4O3. The SMILES string of the molecule is COCC(CCN)Nc1nc[nH]c(=O)c1OC. The lowest BCUT2D eigenvalue weighted by Crippen LogP contribution is -2.29. The van der Waals surface area contributed by atoms with E-state index >= 15 is 0 Å². The Hall–Kier alpha value is -1.60. The molecule has 0 aromatic carbocycles. The maximum Gasteiger partial charge on any atom is 0.295 e. The van der Waals surface area contributed by atoms with E-state index in [9.17, 15) is 4.79 Å². The summed E-state index contributed by atoms with van der Waals surface area (Å²) in [6, 6.07) is -0.00630. The fraction of sp³-hybridized carbons (Fsp3) is 0.600. The summed E-state index contributed by atoms with van der Waals surface area (Å²) in [6.45, 7) is 1.00. The molecule has 0 aliphatic carbocycles. The summed E-state index contributed by atoms with van der Waals surface area (Å²) in [4.78, 5) is 17.9. The molecule has 17 heavy (non-hydrogen) atoms. The smallest absolute Gasteiger partial charge is 0.295 e. The molecule has 0 aliphatic heterocycles. The molecule has 0 spiro atoms. The Balaban J connectivity index is 2.84. The second-order valence-electron chi connectivity index (χ2n) is 3.49. The molecule has 96 valence electrons. The lowest BCUT2D eigenvalue weighted by atomic mass is 10.2. The highest BCUT2D eigenvalue weighted by molar-refractivity contribution is 5.48. The first-order chi connectivity index (χ1) is 8.22. The van der Waals surface area contributed by atoms with Crippen molar-refractivity contribution in [2.75, 3.05) is 32.7 Å². The number of nitrogens with two attached hydrogens (primary N) is 1. The molecule has 0 aliphatic rings. The van der Waals surface area contributed by atoms with Crippen molar-refractivity contribution in [1.29, 1.82) is 0 Å². The van der Waals surface area contributed by atoms with Gasteiger partial charge in [0.25, 0.3) is 5.56 Å². The van der Waals surface area contributed by atoms with Gasteiger partial charge in [-0.2, -0.15) is 0 Å². The third-order valence-corrected chi connectivity index (χ3v) is 2.24. The van der Waals surface area contributed by atoms with E-state index in [0.717, 1.165) is 0 Å². The Morgan fingerprint density at radius 2 is 2.35 bits per heavy atom. The van der Waals surface area contributed by atoms with Crippen LogP contribution in [0.15, 0.2) is 11.1 Å².